The quantitative estimate of drug-likeness (QED) is 0.0295. The van der Waals surface area contributed by atoms with E-state index in [1.165, 1.54) is 14.2 Å². The molecule has 0 heterocycles. The summed E-state index contributed by atoms with van der Waals surface area (Å²) in [6.07, 6.45) is 1.14. The van der Waals surface area contributed by atoms with Crippen LogP contribution in [0.25, 0.3) is 0 Å². The Morgan fingerprint density at radius 3 is 1.04 bits per heavy atom. The first-order valence-electron chi connectivity index (χ1n) is 19.7. The van der Waals surface area contributed by atoms with Crippen molar-refractivity contribution in [3.05, 3.63) is 144 Å². The maximum absolute atomic E-state index is 14.1. The topological polar surface area (TPSA) is 98.8 Å². The summed E-state index contributed by atoms with van der Waals surface area (Å²) in [7, 11) is -7.03. The van der Waals surface area contributed by atoms with Crippen LogP contribution in [0.15, 0.2) is 121 Å². The molecule has 57 heavy (non-hydrogen) atoms. The number of rotatable bonds is 24. The van der Waals surface area contributed by atoms with Gasteiger partial charge in [-0.3, -0.25) is 9.59 Å². The van der Waals surface area contributed by atoms with Crippen LogP contribution in [-0.4, -0.2) is 72.8 Å². The predicted octanol–water partition coefficient (Wildman–Crippen LogP) is 10.4. The number of Topliss-reactive ketones (excluding diaryl/α,β-unsaturated/α-hetero) is 2. The minimum atomic E-state index is -2.92. The molecule has 0 aromatic heterocycles. The lowest BCUT2D eigenvalue weighted by Crippen LogP contribution is -2.58. The van der Waals surface area contributed by atoms with Crippen molar-refractivity contribution in [2.45, 2.75) is 88.9 Å². The molecule has 0 aliphatic rings. The SMILES string of the molecule is COC(OCCC[Si](C)(O[Si](C)(C)C)O[Si](C)(CCCOC(OC)(C(=O)c1ccccc1)c1ccccc1)O[Si](C)(C)C)(C(=O)c1ccccc1)c1ccccc1. The maximum atomic E-state index is 14.1. The Morgan fingerprint density at radius 2 is 0.754 bits per heavy atom. The summed E-state index contributed by atoms with van der Waals surface area (Å²) >= 11 is 0. The smallest absolute Gasteiger partial charge is 0.315 e. The maximum Gasteiger partial charge on any atom is 0.315 e. The summed E-state index contributed by atoms with van der Waals surface area (Å²) in [6, 6.07) is 38.1. The number of benzene rings is 4. The summed E-state index contributed by atoms with van der Waals surface area (Å²) in [5, 5.41) is 0. The van der Waals surface area contributed by atoms with Crippen LogP contribution < -0.4 is 0 Å². The van der Waals surface area contributed by atoms with Gasteiger partial charge in [-0.05, 0) is 77.3 Å². The lowest BCUT2D eigenvalue weighted by molar-refractivity contribution is -0.194. The van der Waals surface area contributed by atoms with E-state index in [1.807, 2.05) is 97.1 Å². The highest BCUT2D eigenvalue weighted by Gasteiger charge is 2.48. The van der Waals surface area contributed by atoms with Crippen molar-refractivity contribution in [2.75, 3.05) is 27.4 Å². The Labute approximate surface area is 344 Å². The first kappa shape index (κ1) is 46.5. The van der Waals surface area contributed by atoms with E-state index in [4.69, 9.17) is 31.3 Å². The molecule has 13 heteroatoms. The van der Waals surface area contributed by atoms with Gasteiger partial charge in [-0.2, -0.15) is 0 Å². The molecule has 4 aromatic rings. The lowest BCUT2D eigenvalue weighted by Gasteiger charge is -2.43. The van der Waals surface area contributed by atoms with Gasteiger partial charge in [-0.1, -0.05) is 121 Å². The number of hydrogen-bond donors (Lipinski definition) is 0. The number of carbonyl (C=O) groups is 2. The predicted molar refractivity (Wildman–Crippen MR) is 236 cm³/mol. The van der Waals surface area contributed by atoms with Crippen molar-refractivity contribution in [3.8, 4) is 0 Å². The van der Waals surface area contributed by atoms with Crippen molar-refractivity contribution in [1.82, 2.24) is 0 Å². The summed E-state index contributed by atoms with van der Waals surface area (Å²) < 4.78 is 46.2. The first-order chi connectivity index (χ1) is 26.9. The molecule has 0 radical (unpaired) electrons. The van der Waals surface area contributed by atoms with Crippen molar-refractivity contribution >= 4 is 45.3 Å². The highest BCUT2D eigenvalue weighted by molar-refractivity contribution is 6.89. The molecule has 0 aliphatic carbocycles. The Hall–Kier alpha value is -3.19. The standard InChI is InChI=1S/C44H62O9Si4/c1-47-43(39-29-19-13-20-30-39,41(45)37-25-15-11-16-26-37)49-33-23-35-56(9,51-54(3,4)5)53-57(10,52-55(6,7)8)36-24-34-50-44(48-2,40-31-21-14-22-32-40)42(46)38-27-17-12-18-28-38/h11-22,25-32H,23-24,33-36H2,1-10H3. The second kappa shape index (κ2) is 20.2. The second-order valence-corrected chi connectivity index (χ2v) is 32.9. The number of ketones is 2. The van der Waals surface area contributed by atoms with E-state index in [2.05, 4.69) is 52.4 Å². The molecule has 0 saturated carbocycles. The lowest BCUT2D eigenvalue weighted by atomic mass is 9.95. The zero-order valence-electron chi connectivity index (χ0n) is 35.5. The van der Waals surface area contributed by atoms with E-state index in [-0.39, 0.29) is 24.8 Å². The first-order valence-corrected chi connectivity index (χ1v) is 31.6. The summed E-state index contributed by atoms with van der Waals surface area (Å²) in [5.74, 6) is -3.78. The monoisotopic (exact) mass is 846 g/mol. The van der Waals surface area contributed by atoms with Crippen LogP contribution in [0, 0.1) is 0 Å². The molecule has 0 aliphatic heterocycles. The van der Waals surface area contributed by atoms with Gasteiger partial charge in [-0.25, -0.2) is 0 Å². The average molecular weight is 847 g/mol. The molecule has 0 N–H and O–H groups in total. The van der Waals surface area contributed by atoms with Gasteiger partial charge in [0, 0.05) is 36.5 Å². The van der Waals surface area contributed by atoms with Gasteiger partial charge in [0.2, 0.25) is 11.6 Å². The molecule has 0 spiro atoms. The molecule has 0 bridgehead atoms. The number of carbonyl (C=O) groups excluding carboxylic acids is 2. The van der Waals surface area contributed by atoms with Crippen LogP contribution in [-0.2, 0) is 42.9 Å². The fraction of sp³-hybridized carbons (Fsp3) is 0.409. The van der Waals surface area contributed by atoms with Gasteiger partial charge in [0.1, 0.15) is 0 Å². The minimum absolute atomic E-state index is 0.233. The van der Waals surface area contributed by atoms with Crippen molar-refractivity contribution in [1.29, 1.82) is 0 Å². The molecule has 4 unspecified atom stereocenters. The third kappa shape index (κ3) is 12.9. The van der Waals surface area contributed by atoms with E-state index < -0.39 is 45.3 Å². The highest BCUT2D eigenvalue weighted by atomic mass is 28.5. The van der Waals surface area contributed by atoms with Crippen LogP contribution in [0.2, 0.25) is 64.5 Å². The summed E-state index contributed by atoms with van der Waals surface area (Å²) in [5.41, 5.74) is 2.24. The molecule has 0 fully saturated rings. The molecule has 4 aromatic carbocycles. The highest BCUT2D eigenvalue weighted by Crippen LogP contribution is 2.36. The third-order valence-corrected chi connectivity index (χ3v) is 23.5. The molecule has 308 valence electrons. The number of methoxy groups -OCH3 is 2. The minimum Gasteiger partial charge on any atom is -0.437 e. The molecule has 9 nitrogen and oxygen atoms in total. The van der Waals surface area contributed by atoms with Crippen LogP contribution in [0.3, 0.4) is 0 Å². The molecule has 4 rings (SSSR count). The molecule has 0 saturated heterocycles. The van der Waals surface area contributed by atoms with E-state index in [1.54, 1.807) is 24.3 Å². The molecule has 4 atom stereocenters. The molecule has 0 amide bonds. The zero-order chi connectivity index (χ0) is 41.8. The van der Waals surface area contributed by atoms with Crippen molar-refractivity contribution in [2.24, 2.45) is 0 Å². The van der Waals surface area contributed by atoms with E-state index in [9.17, 15) is 9.59 Å². The van der Waals surface area contributed by atoms with E-state index in [0.717, 1.165) is 0 Å². The van der Waals surface area contributed by atoms with Crippen LogP contribution in [0.4, 0.5) is 0 Å². The second-order valence-electron chi connectivity index (χ2n) is 16.5. The van der Waals surface area contributed by atoms with Gasteiger partial charge in [0.15, 0.2) is 16.6 Å². The fourth-order valence-corrected chi connectivity index (χ4v) is 25.5. The van der Waals surface area contributed by atoms with Crippen molar-refractivity contribution < 1.29 is 40.9 Å². The Morgan fingerprint density at radius 1 is 0.456 bits per heavy atom. The molecular weight excluding hydrogens is 785 g/mol. The van der Waals surface area contributed by atoms with Crippen molar-refractivity contribution in [3.63, 3.8) is 0 Å². The average Bonchev–Trinajstić information content (AvgIpc) is 3.17. The summed E-state index contributed by atoms with van der Waals surface area (Å²) in [6.45, 7) is 17.8. The Kier molecular flexibility index (Phi) is 16.5. The van der Waals surface area contributed by atoms with Gasteiger partial charge < -0.3 is 31.3 Å². The number of ether oxygens (including phenoxy) is 4. The summed E-state index contributed by atoms with van der Waals surface area (Å²) in [4.78, 5) is 28.1. The van der Waals surface area contributed by atoms with E-state index >= 15 is 0 Å². The molecular formula is C44H62O9Si4. The van der Waals surface area contributed by atoms with Gasteiger partial charge in [-0.15, -0.1) is 0 Å². The van der Waals surface area contributed by atoms with Crippen LogP contribution >= 0.6 is 0 Å². The van der Waals surface area contributed by atoms with Gasteiger partial charge in [0.25, 0.3) is 11.6 Å². The fourth-order valence-electron chi connectivity index (χ4n) is 7.19. The van der Waals surface area contributed by atoms with Gasteiger partial charge in [0.05, 0.1) is 13.2 Å². The van der Waals surface area contributed by atoms with Crippen LogP contribution in [0.5, 0.6) is 0 Å². The third-order valence-electron chi connectivity index (χ3n) is 9.19. The Bertz CT molecular complexity index is 1710. The zero-order valence-corrected chi connectivity index (χ0v) is 39.5. The largest absolute Gasteiger partial charge is 0.437 e. The van der Waals surface area contributed by atoms with E-state index in [0.29, 0.717) is 47.2 Å². The van der Waals surface area contributed by atoms with Crippen LogP contribution in [0.1, 0.15) is 44.7 Å². The normalized spacial score (nSPS) is 16.5. The van der Waals surface area contributed by atoms with Gasteiger partial charge >= 0.3 is 17.1 Å². The Balaban J connectivity index is 1.54. The number of hydrogen-bond acceptors (Lipinski definition) is 9.